The highest BCUT2D eigenvalue weighted by Crippen LogP contribution is 2.41. The fourth-order valence-electron chi connectivity index (χ4n) is 2.98. The summed E-state index contributed by atoms with van der Waals surface area (Å²) in [6.07, 6.45) is -1.76. The molecule has 11 heteroatoms. The van der Waals surface area contributed by atoms with E-state index in [1.54, 1.807) is 0 Å². The Morgan fingerprint density at radius 1 is 1.52 bits per heavy atom. The van der Waals surface area contributed by atoms with Crippen molar-refractivity contribution in [1.29, 1.82) is 0 Å². The van der Waals surface area contributed by atoms with Gasteiger partial charge in [0, 0.05) is 24.7 Å². The predicted molar refractivity (Wildman–Crippen MR) is 105 cm³/mol. The molecule has 29 heavy (non-hydrogen) atoms. The molecule has 2 saturated heterocycles. The number of hydrogen-bond donors (Lipinski definition) is 2. The van der Waals surface area contributed by atoms with Crippen LogP contribution in [0.15, 0.2) is 17.1 Å². The number of ether oxygens (including phenoxy) is 1. The van der Waals surface area contributed by atoms with Crippen LogP contribution >= 0.6 is 23.4 Å². The molecule has 0 radical (unpaired) electrons. The largest absolute Gasteiger partial charge is 0.348 e. The van der Waals surface area contributed by atoms with Gasteiger partial charge in [-0.1, -0.05) is 11.8 Å². The van der Waals surface area contributed by atoms with Crippen LogP contribution in [-0.4, -0.2) is 45.7 Å². The minimum atomic E-state index is -2.83. The summed E-state index contributed by atoms with van der Waals surface area (Å²) in [6.45, 7) is 1.67. The maximum atomic E-state index is 13.7. The Kier molecular flexibility index (Phi) is 7.16. The quantitative estimate of drug-likeness (QED) is 0.545. The number of hydrogen-bond acceptors (Lipinski definition) is 5. The zero-order valence-corrected chi connectivity index (χ0v) is 16.9. The summed E-state index contributed by atoms with van der Waals surface area (Å²) in [6, 6.07) is 0.807. The number of nitrogens with one attached hydrogen (secondary N) is 2. The van der Waals surface area contributed by atoms with Crippen LogP contribution in [0.5, 0.6) is 0 Å². The van der Waals surface area contributed by atoms with Gasteiger partial charge in [-0.2, -0.15) is 0 Å². The van der Waals surface area contributed by atoms with E-state index in [0.717, 1.165) is 12.3 Å². The number of aromatic nitrogens is 1. The third-order valence-electron chi connectivity index (χ3n) is 4.37. The number of carbonyl (C=O) groups excluding carboxylic acids is 1. The Bertz CT molecular complexity index is 889. The first-order chi connectivity index (χ1) is 13.7. The minimum absolute atomic E-state index is 0.0753. The van der Waals surface area contributed by atoms with Crippen LogP contribution in [0, 0.1) is 23.6 Å². The maximum absolute atomic E-state index is 13.7. The number of pyridine rings is 1. The van der Waals surface area contributed by atoms with Gasteiger partial charge in [0.15, 0.2) is 12.0 Å². The maximum Gasteiger partial charge on any atom is 0.286 e. The fraction of sp³-hybridized carbons (Fsp3) is 0.556. The van der Waals surface area contributed by atoms with Gasteiger partial charge in [0.25, 0.3) is 12.0 Å². The summed E-state index contributed by atoms with van der Waals surface area (Å²) in [7, 11) is 0. The van der Waals surface area contributed by atoms with Gasteiger partial charge >= 0.3 is 0 Å². The Labute approximate surface area is 174 Å². The van der Waals surface area contributed by atoms with Crippen LogP contribution in [0.3, 0.4) is 0 Å². The molecule has 1 aromatic heterocycles. The average molecular weight is 450 g/mol. The Balaban J connectivity index is 1.64. The van der Waals surface area contributed by atoms with Gasteiger partial charge < -0.3 is 14.6 Å². The molecule has 2 fully saturated rings. The lowest BCUT2D eigenvalue weighted by molar-refractivity contribution is -0.115. The normalized spacial score (nSPS) is 29.0. The Morgan fingerprint density at radius 2 is 2.28 bits per heavy atom. The lowest BCUT2D eigenvalue weighted by Gasteiger charge is -2.12. The van der Waals surface area contributed by atoms with E-state index >= 15 is 0 Å². The van der Waals surface area contributed by atoms with Crippen molar-refractivity contribution in [1.82, 2.24) is 9.88 Å². The van der Waals surface area contributed by atoms with Crippen LogP contribution in [-0.2, 0) is 16.1 Å². The number of alkyl halides is 3. The van der Waals surface area contributed by atoms with Crippen LogP contribution in [0.25, 0.3) is 0 Å². The molecular weight excluding hydrogens is 431 g/mol. The van der Waals surface area contributed by atoms with E-state index in [4.69, 9.17) is 16.3 Å². The van der Waals surface area contributed by atoms with Gasteiger partial charge in [0.2, 0.25) is 5.91 Å². The van der Waals surface area contributed by atoms with Gasteiger partial charge in [-0.05, 0) is 13.3 Å². The second kappa shape index (κ2) is 9.43. The number of nitrogens with zero attached hydrogens (tertiary/aromatic N) is 1. The van der Waals surface area contributed by atoms with Crippen molar-refractivity contribution >= 4 is 35.0 Å². The summed E-state index contributed by atoms with van der Waals surface area (Å²) in [5.74, 6) is 4.06. The first kappa shape index (κ1) is 22.0. The van der Waals surface area contributed by atoms with Gasteiger partial charge in [-0.15, -0.1) is 23.4 Å². The molecule has 3 rings (SSSR count). The van der Waals surface area contributed by atoms with Crippen LogP contribution in [0.1, 0.15) is 13.3 Å². The molecule has 2 aliphatic rings. The third-order valence-corrected chi connectivity index (χ3v) is 6.31. The van der Waals surface area contributed by atoms with E-state index in [2.05, 4.69) is 22.5 Å². The molecule has 5 unspecified atom stereocenters. The molecular formula is C18H19ClF3N3O3S. The number of carbonyl (C=O) groups is 1. The van der Waals surface area contributed by atoms with Crippen molar-refractivity contribution in [2.24, 2.45) is 5.92 Å². The van der Waals surface area contributed by atoms with E-state index < -0.39 is 40.2 Å². The van der Waals surface area contributed by atoms with Crippen LogP contribution < -0.4 is 16.2 Å². The fourth-order valence-corrected chi connectivity index (χ4v) is 4.70. The van der Waals surface area contributed by atoms with Gasteiger partial charge in [0.1, 0.15) is 0 Å². The van der Waals surface area contributed by atoms with Crippen LogP contribution in [0.4, 0.5) is 18.9 Å². The van der Waals surface area contributed by atoms with E-state index in [-0.39, 0.29) is 23.9 Å². The highest BCUT2D eigenvalue weighted by atomic mass is 35.5. The van der Waals surface area contributed by atoms with E-state index in [1.165, 1.54) is 11.8 Å². The molecule has 6 nitrogen and oxygen atoms in total. The number of halogens is 4. The summed E-state index contributed by atoms with van der Waals surface area (Å²) in [4.78, 5) is 24.1. The SMILES string of the molecule is CC1CNC(C#CC2CC(C(=O)Nc3cc(F)c(=O)n(CC(F)F)c3)SC2Cl)O1. The first-order valence-corrected chi connectivity index (χ1v) is 10.3. The number of thioether (sulfide) groups is 1. The van der Waals surface area contributed by atoms with Crippen molar-refractivity contribution in [3.8, 4) is 11.8 Å². The van der Waals surface area contributed by atoms with Crippen molar-refractivity contribution in [3.63, 3.8) is 0 Å². The lowest BCUT2D eigenvalue weighted by atomic mass is 10.1. The molecule has 158 valence electrons. The summed E-state index contributed by atoms with van der Waals surface area (Å²) in [5.41, 5.74) is -1.25. The molecule has 0 aliphatic carbocycles. The topological polar surface area (TPSA) is 72.4 Å². The predicted octanol–water partition coefficient (Wildman–Crippen LogP) is 2.22. The number of amides is 1. The van der Waals surface area contributed by atoms with E-state index in [9.17, 15) is 22.8 Å². The summed E-state index contributed by atoms with van der Waals surface area (Å²) in [5, 5.41) is 5.01. The van der Waals surface area contributed by atoms with Crippen molar-refractivity contribution < 1.29 is 22.7 Å². The van der Waals surface area contributed by atoms with Crippen molar-refractivity contribution in [3.05, 3.63) is 28.4 Å². The first-order valence-electron chi connectivity index (χ1n) is 8.91. The van der Waals surface area contributed by atoms with Gasteiger partial charge in [0.05, 0.1) is 28.3 Å². The van der Waals surface area contributed by atoms with Crippen LogP contribution in [0.2, 0.25) is 0 Å². The number of rotatable bonds is 4. The van der Waals surface area contributed by atoms with Gasteiger partial charge in [-0.25, -0.2) is 13.2 Å². The number of anilines is 1. The average Bonchev–Trinajstić information content (AvgIpc) is 3.22. The lowest BCUT2D eigenvalue weighted by Crippen LogP contribution is -2.28. The molecule has 0 aromatic carbocycles. The van der Waals surface area contributed by atoms with Crippen molar-refractivity contribution in [2.75, 3.05) is 11.9 Å². The molecule has 1 amide bonds. The molecule has 0 bridgehead atoms. The summed E-state index contributed by atoms with van der Waals surface area (Å²) >= 11 is 7.51. The molecule has 3 heterocycles. The zero-order chi connectivity index (χ0) is 21.1. The smallest absolute Gasteiger partial charge is 0.286 e. The zero-order valence-electron chi connectivity index (χ0n) is 15.3. The molecule has 1 aromatic rings. The molecule has 2 N–H and O–H groups in total. The minimum Gasteiger partial charge on any atom is -0.348 e. The Morgan fingerprint density at radius 3 is 2.93 bits per heavy atom. The second-order valence-electron chi connectivity index (χ2n) is 6.76. The molecule has 5 atom stereocenters. The van der Waals surface area contributed by atoms with E-state index in [0.29, 0.717) is 17.5 Å². The van der Waals surface area contributed by atoms with Gasteiger partial charge in [-0.3, -0.25) is 14.9 Å². The molecule has 0 spiro atoms. The monoisotopic (exact) mass is 449 g/mol. The highest BCUT2D eigenvalue weighted by molar-refractivity contribution is 8.02. The standard InChI is InChI=1S/C18H19ClF3N3O3S/c1-9-6-23-15(28-9)3-2-10-4-13(29-16(10)19)17(26)24-11-5-12(20)18(27)25(7-11)8-14(21)22/h5,7,9-10,13-16,23H,4,6,8H2,1H3,(H,24,26). The molecule has 2 aliphatic heterocycles. The second-order valence-corrected chi connectivity index (χ2v) is 8.83. The van der Waals surface area contributed by atoms with E-state index in [1.807, 2.05) is 6.92 Å². The highest BCUT2D eigenvalue weighted by Gasteiger charge is 2.37. The Hall–Kier alpha value is -1.67. The molecule has 0 saturated carbocycles. The summed E-state index contributed by atoms with van der Waals surface area (Å²) < 4.78 is 44.5. The third kappa shape index (κ3) is 5.69. The van der Waals surface area contributed by atoms with Crippen molar-refractivity contribution in [2.45, 2.75) is 48.6 Å².